The van der Waals surface area contributed by atoms with Gasteiger partial charge in [0.15, 0.2) is 36.1 Å². The van der Waals surface area contributed by atoms with Crippen LogP contribution >= 0.6 is 15.4 Å². The fraction of sp³-hybridized carbons (Fsp3) is 0.594. The first-order chi connectivity index (χ1) is 28.1. The zero-order chi connectivity index (χ0) is 44.2. The van der Waals surface area contributed by atoms with Crippen LogP contribution in [0.5, 0.6) is 0 Å². The summed E-state index contributed by atoms with van der Waals surface area (Å²) in [7, 11) is -10.5. The normalized spacial score (nSPS) is 26.1. The summed E-state index contributed by atoms with van der Waals surface area (Å²) in [6.07, 6.45) is -7.11. The molecule has 3 aromatic heterocycles. The van der Waals surface area contributed by atoms with Crippen LogP contribution in [0.2, 0.25) is 0 Å². The van der Waals surface area contributed by atoms with E-state index in [9.17, 15) is 53.5 Å². The van der Waals surface area contributed by atoms with Crippen LogP contribution in [0.1, 0.15) is 45.6 Å². The Hall–Kier alpha value is -4.27. The van der Waals surface area contributed by atoms with Gasteiger partial charge in [-0.1, -0.05) is 6.08 Å². The summed E-state index contributed by atoms with van der Waals surface area (Å²) in [5.41, 5.74) is 7.42. The number of amides is 1. The average molecular weight is 892 g/mol. The number of allylic oxidation sites excluding steroid dienone is 1. The molecule has 60 heavy (non-hydrogen) atoms. The standard InChI is InChI=1S/C32H47N9O17P2/c1-4-5-6-20(42)38-16(11-53-10-8-32(2,3)47)30(45)58-24-17(56-28(22(24)43)41-15-37-21-26(34)35-14-36-27(21)41)12-54-59(48,49)25-18(13-55-60(50,51)52)57-29(23(25)44)40-9-7-19(33)39-31(40)46/h4,7,9,14-18,22-25,28-29,43-44,47H,1,5-6,8,10-13H2,2-3H3,(H,38,42)(H,48,49)(H2,33,39,46)(H2,34,35,36)(H2,50,51,52)/t16-,17?,18+,22+,23+,24+,25+,28+,29+/m0/s1. The molecule has 0 radical (unpaired) electrons. The van der Waals surface area contributed by atoms with E-state index in [-0.39, 0.29) is 48.7 Å². The molecule has 0 aliphatic carbocycles. The van der Waals surface area contributed by atoms with Gasteiger partial charge in [-0.15, -0.1) is 6.58 Å². The number of ether oxygens (including phenoxy) is 4. The van der Waals surface area contributed by atoms with Crippen LogP contribution in [0.3, 0.4) is 0 Å². The lowest BCUT2D eigenvalue weighted by Crippen LogP contribution is -2.48. The van der Waals surface area contributed by atoms with E-state index in [1.54, 1.807) is 13.8 Å². The highest BCUT2D eigenvalue weighted by atomic mass is 31.2. The number of carbonyl (C=O) groups is 2. The number of imidazole rings is 1. The quantitative estimate of drug-likeness (QED) is 0.0256. The van der Waals surface area contributed by atoms with Crippen LogP contribution < -0.4 is 22.5 Å². The summed E-state index contributed by atoms with van der Waals surface area (Å²) in [5.74, 6) is -1.96. The molecule has 0 spiro atoms. The van der Waals surface area contributed by atoms with Crippen LogP contribution in [-0.4, -0.2) is 145 Å². The molecule has 5 rings (SSSR count). The molecule has 3 aromatic rings. The molecule has 2 saturated heterocycles. The molecule has 28 heteroatoms. The van der Waals surface area contributed by atoms with Gasteiger partial charge in [-0.05, 0) is 32.8 Å². The van der Waals surface area contributed by atoms with Gasteiger partial charge >= 0.3 is 27.1 Å². The van der Waals surface area contributed by atoms with E-state index in [1.807, 2.05) is 0 Å². The molecular formula is C32H47N9O17P2. The minimum absolute atomic E-state index is 0.0279. The minimum Gasteiger partial charge on any atom is -0.455 e. The number of nitrogens with zero attached hydrogens (tertiary/aromatic N) is 6. The maximum Gasteiger partial charge on any atom is 0.469 e. The lowest BCUT2D eigenvalue weighted by atomic mass is 10.1. The SMILES string of the molecule is C=CCCC(=O)N[C@@H](COCCC(C)(C)O)C(=O)O[C@@H]1C(COP(=O)(O)[C@H]2[C@@H](O)[C@H](n3ccc(N)nc3=O)O[C@@H]2COP(=O)(O)O)O[C@@H](n2cnc3c(N)ncnc32)[C@@H]1O. The fourth-order valence-electron chi connectivity index (χ4n) is 6.25. The van der Waals surface area contributed by atoms with E-state index >= 15 is 0 Å². The van der Waals surface area contributed by atoms with Gasteiger partial charge in [0, 0.05) is 19.2 Å². The Balaban J connectivity index is 1.43. The van der Waals surface area contributed by atoms with E-state index in [0.29, 0.717) is 0 Å². The average Bonchev–Trinajstić information content (AvgIpc) is 3.83. The molecule has 10 atom stereocenters. The second kappa shape index (κ2) is 19.2. The van der Waals surface area contributed by atoms with Gasteiger partial charge in [-0.3, -0.25) is 23.0 Å². The highest BCUT2D eigenvalue weighted by Crippen LogP contribution is 2.56. The molecule has 0 aromatic carbocycles. The van der Waals surface area contributed by atoms with Crippen molar-refractivity contribution in [2.75, 3.05) is 37.9 Å². The number of anilines is 2. The van der Waals surface area contributed by atoms with Gasteiger partial charge < -0.3 is 70.3 Å². The van der Waals surface area contributed by atoms with Crippen molar-refractivity contribution in [1.29, 1.82) is 0 Å². The summed E-state index contributed by atoms with van der Waals surface area (Å²) in [4.78, 5) is 84.9. The van der Waals surface area contributed by atoms with Crippen molar-refractivity contribution in [3.8, 4) is 0 Å². The predicted octanol–water partition coefficient (Wildman–Crippen LogP) is -2.02. The van der Waals surface area contributed by atoms with Gasteiger partial charge in [0.1, 0.15) is 47.7 Å². The summed E-state index contributed by atoms with van der Waals surface area (Å²) in [5, 5.41) is 35.5. The van der Waals surface area contributed by atoms with Gasteiger partial charge in [-0.2, -0.15) is 4.98 Å². The van der Waals surface area contributed by atoms with Crippen LogP contribution in [0.4, 0.5) is 11.6 Å². The number of hydrogen-bond acceptors (Lipinski definition) is 20. The number of phosphoric ester groups is 1. The van der Waals surface area contributed by atoms with Crippen molar-refractivity contribution in [3.05, 3.63) is 48.1 Å². The first-order valence-electron chi connectivity index (χ1n) is 18.1. The summed E-state index contributed by atoms with van der Waals surface area (Å²) >= 11 is 0. The molecule has 5 heterocycles. The maximum absolute atomic E-state index is 14.1. The second-order valence-electron chi connectivity index (χ2n) is 14.4. The zero-order valence-electron chi connectivity index (χ0n) is 32.1. The van der Waals surface area contributed by atoms with Crippen LogP contribution in [0.25, 0.3) is 11.2 Å². The number of esters is 1. The van der Waals surface area contributed by atoms with Crippen molar-refractivity contribution < 1.29 is 76.7 Å². The van der Waals surface area contributed by atoms with Crippen molar-refractivity contribution in [2.24, 2.45) is 0 Å². The van der Waals surface area contributed by atoms with Crippen LogP contribution in [0.15, 0.2) is 42.4 Å². The van der Waals surface area contributed by atoms with E-state index in [0.717, 1.165) is 23.2 Å². The van der Waals surface area contributed by atoms with Gasteiger partial charge in [-0.25, -0.2) is 29.1 Å². The number of fused-ring (bicyclic) bond motifs is 1. The van der Waals surface area contributed by atoms with Crippen LogP contribution in [0, 0.1) is 0 Å². The van der Waals surface area contributed by atoms with Gasteiger partial charge in [0.25, 0.3) is 0 Å². The largest absolute Gasteiger partial charge is 0.469 e. The number of hydrogen-bond donors (Lipinski definition) is 9. The van der Waals surface area contributed by atoms with Crippen molar-refractivity contribution in [2.45, 2.75) is 93.4 Å². The summed E-state index contributed by atoms with van der Waals surface area (Å²) in [6.45, 7) is 4.12. The van der Waals surface area contributed by atoms with Gasteiger partial charge in [0.2, 0.25) is 5.91 Å². The highest BCUT2D eigenvalue weighted by molar-refractivity contribution is 7.53. The Morgan fingerprint density at radius 2 is 1.73 bits per heavy atom. The number of aromatic nitrogens is 6. The number of aliphatic hydroxyl groups excluding tert-OH is 2. The molecule has 2 aliphatic rings. The molecule has 0 saturated carbocycles. The highest BCUT2D eigenvalue weighted by Gasteiger charge is 2.56. The second-order valence-corrected chi connectivity index (χ2v) is 17.6. The molecule has 26 nitrogen and oxygen atoms in total. The third kappa shape index (κ3) is 11.6. The minimum atomic E-state index is -5.29. The number of nitrogens with one attached hydrogen (secondary N) is 1. The number of aliphatic hydroxyl groups is 3. The van der Waals surface area contributed by atoms with Gasteiger partial charge in [0.05, 0.1) is 31.7 Å². The van der Waals surface area contributed by atoms with E-state index in [4.69, 9.17) is 34.9 Å². The van der Waals surface area contributed by atoms with E-state index in [2.05, 4.69) is 36.4 Å². The third-order valence-electron chi connectivity index (χ3n) is 9.23. The first kappa shape index (κ1) is 46.8. The predicted molar refractivity (Wildman–Crippen MR) is 203 cm³/mol. The molecular weight excluding hydrogens is 844 g/mol. The number of rotatable bonds is 20. The van der Waals surface area contributed by atoms with Crippen molar-refractivity contribution >= 4 is 50.1 Å². The molecule has 2 aliphatic heterocycles. The molecule has 1 amide bonds. The Labute approximate surface area is 340 Å². The first-order valence-corrected chi connectivity index (χ1v) is 21.3. The zero-order valence-corrected chi connectivity index (χ0v) is 33.9. The number of nitrogens with two attached hydrogens (primary N) is 2. The molecule has 0 bridgehead atoms. The Kier molecular flexibility index (Phi) is 15.0. The Bertz CT molecular complexity index is 2160. The Morgan fingerprint density at radius 1 is 1.05 bits per heavy atom. The summed E-state index contributed by atoms with van der Waals surface area (Å²) < 4.78 is 60.5. The molecule has 11 N–H and O–H groups in total. The fourth-order valence-corrected chi connectivity index (χ4v) is 8.23. The number of carbonyl (C=O) groups excluding carboxylic acids is 2. The third-order valence-corrected chi connectivity index (χ3v) is 11.6. The molecule has 2 fully saturated rings. The van der Waals surface area contributed by atoms with Crippen molar-refractivity contribution in [1.82, 2.24) is 34.4 Å². The van der Waals surface area contributed by atoms with E-state index in [1.165, 1.54) is 17.0 Å². The lowest BCUT2D eigenvalue weighted by molar-refractivity contribution is -0.162. The maximum atomic E-state index is 14.1. The van der Waals surface area contributed by atoms with Crippen molar-refractivity contribution in [3.63, 3.8) is 0 Å². The topological polar surface area (TPSA) is 388 Å². The molecule has 2 unspecified atom stereocenters. The molecule has 332 valence electrons. The number of phosphoric acid groups is 1. The number of nitrogen functional groups attached to an aromatic ring is 2. The monoisotopic (exact) mass is 891 g/mol. The Morgan fingerprint density at radius 3 is 2.40 bits per heavy atom. The smallest absolute Gasteiger partial charge is 0.455 e. The summed E-state index contributed by atoms with van der Waals surface area (Å²) in [6, 6.07) is -0.323. The van der Waals surface area contributed by atoms with Crippen LogP contribution in [-0.2, 0) is 46.7 Å². The lowest BCUT2D eigenvalue weighted by Gasteiger charge is -2.27. The van der Waals surface area contributed by atoms with E-state index < -0.39 is 113 Å².